The lowest BCUT2D eigenvalue weighted by Crippen LogP contribution is -2.36. The molecule has 6 nitrogen and oxygen atoms in total. The number of fused-ring (bicyclic) bond motifs is 1. The fourth-order valence-corrected chi connectivity index (χ4v) is 5.64. The number of amides is 3. The van der Waals surface area contributed by atoms with Crippen molar-refractivity contribution in [3.63, 3.8) is 0 Å². The fraction of sp³-hybridized carbons (Fsp3) is 0.857. The Hall–Kier alpha value is -0.240. The molecule has 2 rings (SSSR count). The number of carbonyl (C=O) groups excluding carboxylic acids is 2. The van der Waals surface area contributed by atoms with Gasteiger partial charge in [0.2, 0.25) is 6.41 Å². The molecule has 2 saturated heterocycles. The maximum Gasteiger partial charge on any atom is 0.315 e. The van der Waals surface area contributed by atoms with Gasteiger partial charge in [-0.2, -0.15) is 11.8 Å². The third-order valence-corrected chi connectivity index (χ3v) is 7.58. The number of carbonyl (C=O) groups is 2. The molecule has 3 amide bonds. The van der Waals surface area contributed by atoms with Gasteiger partial charge in [0.15, 0.2) is 7.43 Å². The molecule has 0 aromatic rings. The van der Waals surface area contributed by atoms with E-state index in [2.05, 4.69) is 27.1 Å². The quantitative estimate of drug-likeness (QED) is 0.173. The van der Waals surface area contributed by atoms with E-state index in [1.807, 2.05) is 11.8 Å². The highest BCUT2D eigenvalue weighted by Gasteiger charge is 2.42. The lowest BCUT2D eigenvalue weighted by Gasteiger charge is -2.16. The van der Waals surface area contributed by atoms with E-state index in [0.29, 0.717) is 36.5 Å². The van der Waals surface area contributed by atoms with Crippen LogP contribution in [0.3, 0.4) is 0 Å². The van der Waals surface area contributed by atoms with Crippen LogP contribution in [0.5, 0.6) is 0 Å². The molecule has 0 aromatic carbocycles. The molecule has 0 radical (unpaired) electrons. The van der Waals surface area contributed by atoms with E-state index in [-0.39, 0.29) is 6.03 Å². The first-order valence-electron chi connectivity index (χ1n) is 8.12. The summed E-state index contributed by atoms with van der Waals surface area (Å²) < 4.78 is 17.0. The minimum atomic E-state index is -1.62. The second-order valence-electron chi connectivity index (χ2n) is 5.47. The van der Waals surface area contributed by atoms with Crippen LogP contribution < -0.4 is 16.0 Å². The molecule has 140 valence electrons. The summed E-state index contributed by atoms with van der Waals surface area (Å²) >= 11 is 2.83. The first kappa shape index (κ1) is 21.8. The number of halogens is 1. The van der Waals surface area contributed by atoms with Crippen LogP contribution in [-0.4, -0.2) is 55.3 Å². The molecule has 2 aliphatic heterocycles. The highest BCUT2D eigenvalue weighted by atomic mass is 32.7. The molecule has 2 heterocycles. The molecular weight excluding hydrogens is 372 g/mol. The molecule has 3 N–H and O–H groups in total. The monoisotopic (exact) mass is 399 g/mol. The van der Waals surface area contributed by atoms with E-state index in [9.17, 15) is 13.8 Å². The van der Waals surface area contributed by atoms with E-state index in [1.165, 1.54) is 32.8 Å². The average Bonchev–Trinajstić information content (AvgIpc) is 3.09. The zero-order chi connectivity index (χ0) is 17.8. The smallest absolute Gasteiger partial charge is 0.315 e. The van der Waals surface area contributed by atoms with Gasteiger partial charge in [-0.15, -0.1) is 0 Å². The summed E-state index contributed by atoms with van der Waals surface area (Å²) in [6.07, 6.45) is 6.04. The zero-order valence-corrected chi connectivity index (χ0v) is 16.7. The van der Waals surface area contributed by atoms with Crippen LogP contribution in [0, 0.1) is 0 Å². The van der Waals surface area contributed by atoms with E-state index in [0.717, 1.165) is 17.4 Å². The first-order chi connectivity index (χ1) is 11.6. The minimum Gasteiger partial charge on any atom is -0.358 e. The third-order valence-electron chi connectivity index (χ3n) is 3.70. The number of nitrogens with one attached hydrogen (secondary N) is 3. The lowest BCUT2D eigenvalue weighted by molar-refractivity contribution is -0.109. The van der Waals surface area contributed by atoms with Crippen LogP contribution in [0.2, 0.25) is 0 Å². The minimum absolute atomic E-state index is 0.0285. The van der Waals surface area contributed by atoms with Gasteiger partial charge in [-0.25, -0.2) is 8.99 Å². The largest absolute Gasteiger partial charge is 0.358 e. The van der Waals surface area contributed by atoms with Crippen LogP contribution in [0.15, 0.2) is 0 Å². The van der Waals surface area contributed by atoms with Crippen LogP contribution in [0.4, 0.5) is 8.99 Å². The van der Waals surface area contributed by atoms with E-state index >= 15 is 0 Å². The van der Waals surface area contributed by atoms with Crippen molar-refractivity contribution in [3.8, 4) is 0 Å². The topological polar surface area (TPSA) is 79.5 Å². The van der Waals surface area contributed by atoms with Crippen molar-refractivity contribution in [1.82, 2.24) is 16.0 Å². The van der Waals surface area contributed by atoms with Crippen molar-refractivity contribution in [3.05, 3.63) is 0 Å². The Kier molecular flexibility index (Phi) is 11.8. The molecule has 0 saturated carbocycles. The second-order valence-corrected chi connectivity index (χ2v) is 9.94. The number of unbranched alkanes of at least 4 members (excludes halogenated alkanes) is 2. The molecule has 4 atom stereocenters. The van der Waals surface area contributed by atoms with E-state index < -0.39 is 7.43 Å². The van der Waals surface area contributed by atoms with Crippen molar-refractivity contribution in [1.29, 1.82) is 0 Å². The summed E-state index contributed by atoms with van der Waals surface area (Å²) in [5.74, 6) is 1.08. The van der Waals surface area contributed by atoms with Crippen molar-refractivity contribution in [2.24, 2.45) is 0 Å². The van der Waals surface area contributed by atoms with Gasteiger partial charge in [0.25, 0.3) is 0 Å². The summed E-state index contributed by atoms with van der Waals surface area (Å²) in [4.78, 5) is 20.8. The lowest BCUT2D eigenvalue weighted by atomic mass is 10.0. The Morgan fingerprint density at radius 2 is 2.29 bits per heavy atom. The summed E-state index contributed by atoms with van der Waals surface area (Å²) in [7, 11) is -0.196. The molecular formula is C14H27FN3O3PS2. The number of hydrogen-bond acceptors (Lipinski definition) is 5. The van der Waals surface area contributed by atoms with Crippen molar-refractivity contribution < 1.29 is 18.0 Å². The predicted octanol–water partition coefficient (Wildman–Crippen LogP) is 3.04. The first-order valence-corrected chi connectivity index (χ1v) is 11.9. The van der Waals surface area contributed by atoms with Gasteiger partial charge in [-0.05, 0) is 6.42 Å². The normalized spacial score (nSPS) is 25.8. The molecule has 0 bridgehead atoms. The molecule has 0 aromatic heterocycles. The van der Waals surface area contributed by atoms with Crippen molar-refractivity contribution >= 4 is 43.3 Å². The molecule has 2 aliphatic rings. The number of rotatable bonds is 10. The Morgan fingerprint density at radius 1 is 1.50 bits per heavy atom. The molecule has 10 heteroatoms. The van der Waals surface area contributed by atoms with Crippen LogP contribution in [-0.2, 0) is 8.98 Å². The second kappa shape index (κ2) is 13.0. The van der Waals surface area contributed by atoms with Crippen LogP contribution in [0.25, 0.3) is 0 Å². The van der Waals surface area contributed by atoms with E-state index in [1.54, 1.807) is 0 Å². The molecule has 0 aliphatic carbocycles. The summed E-state index contributed by atoms with van der Waals surface area (Å²) in [5, 5.41) is 9.00. The zero-order valence-electron chi connectivity index (χ0n) is 14.1. The molecule has 24 heavy (non-hydrogen) atoms. The van der Waals surface area contributed by atoms with Gasteiger partial charge in [0, 0.05) is 23.7 Å². The van der Waals surface area contributed by atoms with Gasteiger partial charge < -0.3 is 20.1 Å². The Morgan fingerprint density at radius 3 is 2.96 bits per heavy atom. The van der Waals surface area contributed by atoms with Crippen LogP contribution >= 0.6 is 30.9 Å². The third kappa shape index (κ3) is 8.23. The number of urea groups is 1. The highest BCUT2D eigenvalue weighted by Crippen LogP contribution is 2.50. The predicted molar refractivity (Wildman–Crippen MR) is 101 cm³/mol. The van der Waals surface area contributed by atoms with Gasteiger partial charge in [-0.3, -0.25) is 4.79 Å². The highest BCUT2D eigenvalue weighted by molar-refractivity contribution is 8.51. The average molecular weight is 399 g/mol. The SMILES string of the molecule is CCCCCC1SCC2NC(=O)NC21.COSP(F)CCNC=O. The Bertz CT molecular complexity index is 385. The molecule has 2 fully saturated rings. The number of hydrogen-bond donors (Lipinski definition) is 3. The maximum atomic E-state index is 12.5. The van der Waals surface area contributed by atoms with Gasteiger partial charge in [0.1, 0.15) is 0 Å². The van der Waals surface area contributed by atoms with Crippen molar-refractivity contribution in [2.75, 3.05) is 25.6 Å². The maximum absolute atomic E-state index is 12.5. The Balaban J connectivity index is 0.000000257. The van der Waals surface area contributed by atoms with Crippen molar-refractivity contribution in [2.45, 2.75) is 49.9 Å². The van der Waals surface area contributed by atoms with Gasteiger partial charge >= 0.3 is 6.03 Å². The molecule has 0 spiro atoms. The van der Waals surface area contributed by atoms with Gasteiger partial charge in [-0.1, -0.05) is 26.2 Å². The number of thioether (sulfide) groups is 1. The summed E-state index contributed by atoms with van der Waals surface area (Å²) in [5.41, 5.74) is 0. The van der Waals surface area contributed by atoms with Crippen LogP contribution in [0.1, 0.15) is 32.6 Å². The van der Waals surface area contributed by atoms with Gasteiger partial charge in [0.05, 0.1) is 30.9 Å². The molecule has 4 unspecified atom stereocenters. The Labute approximate surface area is 153 Å². The fourth-order valence-electron chi connectivity index (χ4n) is 2.57. The summed E-state index contributed by atoms with van der Waals surface area (Å²) in [6.45, 7) is 2.60. The standard InChI is InChI=1S/C10H18N2OS.C4H9FNO2PS/c1-2-3-4-5-8-9-7(6-14-8)11-10(13)12-9;1-8-10-9(5)3-2-6-4-7/h7-9H,2-6H2,1H3,(H2,11,12,13);4H,2-3H2,1H3,(H,6,7). The van der Waals surface area contributed by atoms with E-state index in [4.69, 9.17) is 0 Å². The summed E-state index contributed by atoms with van der Waals surface area (Å²) in [6, 6.07) is 0.810.